The summed E-state index contributed by atoms with van der Waals surface area (Å²) in [6.07, 6.45) is 0.677. The maximum atomic E-state index is 6.62. The molecule has 4 heteroatoms. The van der Waals surface area contributed by atoms with Crippen LogP contribution in [-0.4, -0.2) is 18.9 Å². The molecule has 1 fully saturated rings. The monoisotopic (exact) mass is 148 g/mol. The molecule has 1 rings (SSSR count). The molecule has 0 bridgehead atoms. The standard InChI is InChI=1S/C5H8N2O.ClH/c1-7-5(6)2-3-8-4-5;/h2-4,6H2;1H. The summed E-state index contributed by atoms with van der Waals surface area (Å²) in [5.41, 5.74) is 4.78. The summed E-state index contributed by atoms with van der Waals surface area (Å²) in [6, 6.07) is 0. The summed E-state index contributed by atoms with van der Waals surface area (Å²) in [5.74, 6) is 0. The Labute approximate surface area is 60.4 Å². The number of nitrogens with zero attached hydrogens (tertiary/aromatic N) is 1. The average molecular weight is 149 g/mol. The first-order valence-electron chi connectivity index (χ1n) is 2.52. The molecule has 1 atom stereocenters. The zero-order valence-corrected chi connectivity index (χ0v) is 5.78. The Kier molecular flexibility index (Phi) is 2.92. The molecule has 0 aromatic rings. The van der Waals surface area contributed by atoms with E-state index in [1.54, 1.807) is 0 Å². The number of halogens is 1. The third-order valence-electron chi connectivity index (χ3n) is 1.25. The Morgan fingerprint density at radius 2 is 2.33 bits per heavy atom. The smallest absolute Gasteiger partial charge is 0.309 e. The van der Waals surface area contributed by atoms with E-state index in [9.17, 15) is 0 Å². The molecule has 1 unspecified atom stereocenters. The number of rotatable bonds is 0. The van der Waals surface area contributed by atoms with Crippen LogP contribution in [-0.2, 0) is 4.74 Å². The van der Waals surface area contributed by atoms with Crippen molar-refractivity contribution < 1.29 is 4.74 Å². The van der Waals surface area contributed by atoms with Crippen molar-refractivity contribution in [2.45, 2.75) is 12.1 Å². The second kappa shape index (κ2) is 3.02. The van der Waals surface area contributed by atoms with E-state index in [0.717, 1.165) is 0 Å². The molecule has 0 amide bonds. The van der Waals surface area contributed by atoms with Crippen molar-refractivity contribution in [1.29, 1.82) is 0 Å². The summed E-state index contributed by atoms with van der Waals surface area (Å²) in [4.78, 5) is 3.22. The van der Waals surface area contributed by atoms with Crippen LogP contribution in [0, 0.1) is 6.57 Å². The fraction of sp³-hybridized carbons (Fsp3) is 0.800. The zero-order chi connectivity index (χ0) is 6.04. The van der Waals surface area contributed by atoms with Crippen LogP contribution in [0.2, 0.25) is 0 Å². The molecule has 3 nitrogen and oxygen atoms in total. The van der Waals surface area contributed by atoms with Gasteiger partial charge in [-0.2, -0.15) is 0 Å². The Bertz CT molecular complexity index is 125. The van der Waals surface area contributed by atoms with Crippen molar-refractivity contribution in [2.24, 2.45) is 5.73 Å². The number of ether oxygens (including phenoxy) is 1. The van der Waals surface area contributed by atoms with E-state index in [1.165, 1.54) is 0 Å². The van der Waals surface area contributed by atoms with Crippen LogP contribution >= 0.6 is 12.4 Å². The Morgan fingerprint density at radius 1 is 1.67 bits per heavy atom. The van der Waals surface area contributed by atoms with Crippen molar-refractivity contribution in [2.75, 3.05) is 13.2 Å². The van der Waals surface area contributed by atoms with Crippen LogP contribution in [0.3, 0.4) is 0 Å². The first-order chi connectivity index (χ1) is 3.77. The van der Waals surface area contributed by atoms with Gasteiger partial charge in [0.25, 0.3) is 0 Å². The Balaban J connectivity index is 0.000000640. The van der Waals surface area contributed by atoms with E-state index in [-0.39, 0.29) is 12.4 Å². The highest BCUT2D eigenvalue weighted by molar-refractivity contribution is 5.85. The van der Waals surface area contributed by atoms with E-state index in [4.69, 9.17) is 17.0 Å². The first kappa shape index (κ1) is 8.70. The highest BCUT2D eigenvalue weighted by Crippen LogP contribution is 2.15. The lowest BCUT2D eigenvalue weighted by Gasteiger charge is -2.03. The number of nitrogens with two attached hydrogens (primary N) is 1. The molecule has 1 saturated heterocycles. The molecular formula is C5H9ClN2O. The van der Waals surface area contributed by atoms with Gasteiger partial charge in [0.1, 0.15) is 6.61 Å². The lowest BCUT2D eigenvalue weighted by Crippen LogP contribution is -2.35. The van der Waals surface area contributed by atoms with E-state index in [2.05, 4.69) is 4.85 Å². The van der Waals surface area contributed by atoms with Gasteiger partial charge in [-0.25, -0.2) is 6.57 Å². The van der Waals surface area contributed by atoms with E-state index < -0.39 is 5.66 Å². The van der Waals surface area contributed by atoms with Crippen LogP contribution in [0.4, 0.5) is 0 Å². The lowest BCUT2D eigenvalue weighted by molar-refractivity contribution is 0.186. The molecule has 0 radical (unpaired) electrons. The summed E-state index contributed by atoms with van der Waals surface area (Å²) in [6.45, 7) is 7.65. The number of hydrogen-bond donors (Lipinski definition) is 1. The van der Waals surface area contributed by atoms with Crippen LogP contribution in [0.15, 0.2) is 0 Å². The summed E-state index contributed by atoms with van der Waals surface area (Å²) >= 11 is 0. The molecule has 9 heavy (non-hydrogen) atoms. The third-order valence-corrected chi connectivity index (χ3v) is 1.25. The van der Waals surface area contributed by atoms with Crippen LogP contribution in [0.25, 0.3) is 4.85 Å². The fourth-order valence-corrected chi connectivity index (χ4v) is 0.658. The second-order valence-corrected chi connectivity index (χ2v) is 2.02. The topological polar surface area (TPSA) is 39.6 Å². The molecule has 0 spiro atoms. The zero-order valence-electron chi connectivity index (χ0n) is 4.96. The van der Waals surface area contributed by atoms with E-state index in [1.807, 2.05) is 0 Å². The predicted molar refractivity (Wildman–Crippen MR) is 36.2 cm³/mol. The fourth-order valence-electron chi connectivity index (χ4n) is 0.658. The molecule has 1 aliphatic heterocycles. The predicted octanol–water partition coefficient (Wildman–Crippen LogP) is 0.403. The first-order valence-corrected chi connectivity index (χ1v) is 2.52. The Hall–Kier alpha value is -0.300. The molecule has 52 valence electrons. The van der Waals surface area contributed by atoms with Gasteiger partial charge in [-0.1, -0.05) is 0 Å². The quantitative estimate of drug-likeness (QED) is 0.506. The van der Waals surface area contributed by atoms with Crippen molar-refractivity contribution in [3.8, 4) is 0 Å². The van der Waals surface area contributed by atoms with E-state index in [0.29, 0.717) is 19.6 Å². The van der Waals surface area contributed by atoms with Crippen molar-refractivity contribution in [1.82, 2.24) is 0 Å². The Morgan fingerprint density at radius 3 is 2.56 bits per heavy atom. The molecule has 0 aromatic heterocycles. The van der Waals surface area contributed by atoms with Gasteiger partial charge in [0.15, 0.2) is 0 Å². The van der Waals surface area contributed by atoms with Crippen LogP contribution in [0.5, 0.6) is 0 Å². The molecule has 0 aliphatic carbocycles. The van der Waals surface area contributed by atoms with Crippen LogP contribution in [0.1, 0.15) is 6.42 Å². The normalized spacial score (nSPS) is 32.9. The second-order valence-electron chi connectivity index (χ2n) is 2.02. The molecule has 0 aromatic carbocycles. The SMILES string of the molecule is Cl.[C-]#[N+]C1(N)CCOC1. The van der Waals surface area contributed by atoms with Gasteiger partial charge in [0, 0.05) is 0 Å². The maximum absolute atomic E-state index is 6.62. The largest absolute Gasteiger partial charge is 0.371 e. The van der Waals surface area contributed by atoms with Gasteiger partial charge in [0.05, 0.1) is 13.0 Å². The van der Waals surface area contributed by atoms with Crippen molar-refractivity contribution in [3.05, 3.63) is 11.4 Å². The summed E-state index contributed by atoms with van der Waals surface area (Å²) in [5, 5.41) is 0. The van der Waals surface area contributed by atoms with Gasteiger partial charge in [-0.3, -0.25) is 10.6 Å². The molecule has 1 heterocycles. The average Bonchev–Trinajstić information content (AvgIpc) is 2.17. The van der Waals surface area contributed by atoms with E-state index >= 15 is 0 Å². The molecule has 1 aliphatic rings. The molecule has 0 saturated carbocycles. The van der Waals surface area contributed by atoms with Crippen molar-refractivity contribution >= 4 is 12.4 Å². The van der Waals surface area contributed by atoms with Gasteiger partial charge < -0.3 is 4.74 Å². The lowest BCUT2D eigenvalue weighted by atomic mass is 10.2. The van der Waals surface area contributed by atoms with Crippen LogP contribution < -0.4 is 5.73 Å². The minimum absolute atomic E-state index is 0. The summed E-state index contributed by atoms with van der Waals surface area (Å²) in [7, 11) is 0. The highest BCUT2D eigenvalue weighted by Gasteiger charge is 2.36. The molecular weight excluding hydrogens is 140 g/mol. The van der Waals surface area contributed by atoms with Gasteiger partial charge >= 0.3 is 5.66 Å². The highest BCUT2D eigenvalue weighted by atomic mass is 35.5. The van der Waals surface area contributed by atoms with Gasteiger partial charge in [0.2, 0.25) is 0 Å². The van der Waals surface area contributed by atoms with Gasteiger partial charge in [-0.05, 0) is 0 Å². The molecule has 2 N–H and O–H groups in total. The third kappa shape index (κ3) is 1.83. The van der Waals surface area contributed by atoms with Crippen molar-refractivity contribution in [3.63, 3.8) is 0 Å². The minimum Gasteiger partial charge on any atom is -0.371 e. The van der Waals surface area contributed by atoms with Gasteiger partial charge in [-0.15, -0.1) is 12.4 Å². The maximum Gasteiger partial charge on any atom is 0.309 e. The minimum atomic E-state index is -0.694. The number of hydrogen-bond acceptors (Lipinski definition) is 2. The summed E-state index contributed by atoms with van der Waals surface area (Å²) < 4.78 is 4.91.